The lowest BCUT2D eigenvalue weighted by Gasteiger charge is -2.28. The van der Waals surface area contributed by atoms with Gasteiger partial charge in [-0.25, -0.2) is 4.98 Å². The Labute approximate surface area is 141 Å². The van der Waals surface area contributed by atoms with Crippen LogP contribution in [-0.4, -0.2) is 35.3 Å². The molecule has 2 aromatic rings. The molecule has 0 unspecified atom stereocenters. The number of nitrogens with zero attached hydrogens (tertiary/aromatic N) is 2. The molecule has 1 N–H and O–H groups in total. The van der Waals surface area contributed by atoms with Crippen molar-refractivity contribution in [3.63, 3.8) is 0 Å². The van der Waals surface area contributed by atoms with Crippen molar-refractivity contribution < 1.29 is 14.1 Å². The topological polar surface area (TPSA) is 77.2 Å². The summed E-state index contributed by atoms with van der Waals surface area (Å²) in [6.07, 6.45) is 5.22. The number of nitrogens with one attached hydrogen (secondary N) is 1. The van der Waals surface area contributed by atoms with Gasteiger partial charge in [0.2, 0.25) is 0 Å². The molecule has 0 saturated heterocycles. The SMILES string of the molecule is Cc1cc(C(=O)NCCO[C@@H]2CCCC[C@H]2C)c2c(C)noc2n1. The van der Waals surface area contributed by atoms with E-state index in [1.165, 1.54) is 19.3 Å². The Morgan fingerprint density at radius 3 is 2.96 bits per heavy atom. The minimum Gasteiger partial charge on any atom is -0.376 e. The number of amides is 1. The Morgan fingerprint density at radius 1 is 1.38 bits per heavy atom. The van der Waals surface area contributed by atoms with Crippen LogP contribution in [0, 0.1) is 19.8 Å². The first-order valence-electron chi connectivity index (χ1n) is 8.69. The highest BCUT2D eigenvalue weighted by molar-refractivity contribution is 6.06. The maximum Gasteiger partial charge on any atom is 0.258 e. The molecule has 24 heavy (non-hydrogen) atoms. The molecule has 1 saturated carbocycles. The van der Waals surface area contributed by atoms with Crippen LogP contribution in [0.15, 0.2) is 10.6 Å². The first kappa shape index (κ1) is 16.9. The van der Waals surface area contributed by atoms with Crippen LogP contribution in [0.4, 0.5) is 0 Å². The molecule has 2 heterocycles. The smallest absolute Gasteiger partial charge is 0.258 e. The van der Waals surface area contributed by atoms with Gasteiger partial charge < -0.3 is 14.6 Å². The first-order chi connectivity index (χ1) is 11.6. The highest BCUT2D eigenvalue weighted by atomic mass is 16.5. The summed E-state index contributed by atoms with van der Waals surface area (Å²) in [7, 11) is 0. The number of hydrogen-bond donors (Lipinski definition) is 1. The zero-order valence-corrected chi connectivity index (χ0v) is 14.6. The third kappa shape index (κ3) is 3.59. The number of aryl methyl sites for hydroxylation is 2. The highest BCUT2D eigenvalue weighted by Crippen LogP contribution is 2.26. The Morgan fingerprint density at radius 2 is 2.17 bits per heavy atom. The van der Waals surface area contributed by atoms with Crippen molar-refractivity contribution in [1.29, 1.82) is 0 Å². The highest BCUT2D eigenvalue weighted by Gasteiger charge is 2.22. The minimum atomic E-state index is -0.142. The minimum absolute atomic E-state index is 0.142. The van der Waals surface area contributed by atoms with Gasteiger partial charge in [-0.05, 0) is 38.7 Å². The van der Waals surface area contributed by atoms with E-state index in [1.807, 2.05) is 13.8 Å². The lowest BCUT2D eigenvalue weighted by Crippen LogP contribution is -2.32. The van der Waals surface area contributed by atoms with Gasteiger partial charge in [0, 0.05) is 12.2 Å². The third-order valence-corrected chi connectivity index (χ3v) is 4.74. The van der Waals surface area contributed by atoms with Crippen LogP contribution in [0.1, 0.15) is 54.4 Å². The number of aromatic nitrogens is 2. The molecule has 1 amide bonds. The van der Waals surface area contributed by atoms with E-state index in [-0.39, 0.29) is 5.91 Å². The van der Waals surface area contributed by atoms with Gasteiger partial charge in [0.05, 0.1) is 29.4 Å². The number of carbonyl (C=O) groups excluding carboxylic acids is 1. The molecule has 3 rings (SSSR count). The lowest BCUT2D eigenvalue weighted by molar-refractivity contribution is -0.00293. The summed E-state index contributed by atoms with van der Waals surface area (Å²) in [5.41, 5.74) is 2.37. The van der Waals surface area contributed by atoms with Crippen LogP contribution in [0.3, 0.4) is 0 Å². The van der Waals surface area contributed by atoms with Gasteiger partial charge in [0.1, 0.15) is 0 Å². The van der Waals surface area contributed by atoms with E-state index in [0.29, 0.717) is 47.5 Å². The summed E-state index contributed by atoms with van der Waals surface area (Å²) in [4.78, 5) is 16.8. The molecule has 2 atom stereocenters. The Hall–Kier alpha value is -1.95. The summed E-state index contributed by atoms with van der Waals surface area (Å²) in [5, 5.41) is 7.51. The quantitative estimate of drug-likeness (QED) is 0.852. The van der Waals surface area contributed by atoms with Crippen molar-refractivity contribution >= 4 is 17.0 Å². The van der Waals surface area contributed by atoms with Crippen LogP contribution in [-0.2, 0) is 4.74 Å². The van der Waals surface area contributed by atoms with Crippen molar-refractivity contribution in [2.24, 2.45) is 5.92 Å². The molecular weight excluding hydrogens is 306 g/mol. The van der Waals surface area contributed by atoms with Crippen molar-refractivity contribution in [2.45, 2.75) is 52.6 Å². The monoisotopic (exact) mass is 331 g/mol. The number of carbonyl (C=O) groups is 1. The van der Waals surface area contributed by atoms with Gasteiger partial charge in [-0.3, -0.25) is 4.79 Å². The molecule has 1 aliphatic carbocycles. The fourth-order valence-corrected chi connectivity index (χ4v) is 3.40. The molecule has 0 bridgehead atoms. The molecule has 130 valence electrons. The van der Waals surface area contributed by atoms with E-state index < -0.39 is 0 Å². The van der Waals surface area contributed by atoms with Gasteiger partial charge in [0.25, 0.3) is 11.6 Å². The van der Waals surface area contributed by atoms with Crippen molar-refractivity contribution in [1.82, 2.24) is 15.5 Å². The van der Waals surface area contributed by atoms with Crippen molar-refractivity contribution in [3.8, 4) is 0 Å². The maximum absolute atomic E-state index is 12.5. The summed E-state index contributed by atoms with van der Waals surface area (Å²) in [6, 6.07) is 1.77. The molecule has 1 aliphatic rings. The summed E-state index contributed by atoms with van der Waals surface area (Å²) in [5.74, 6) is 0.466. The molecule has 6 nitrogen and oxygen atoms in total. The van der Waals surface area contributed by atoms with E-state index in [1.54, 1.807) is 6.07 Å². The molecule has 0 spiro atoms. The Kier molecular flexibility index (Phi) is 5.14. The van der Waals surface area contributed by atoms with Gasteiger partial charge >= 0.3 is 0 Å². The van der Waals surface area contributed by atoms with E-state index in [0.717, 1.165) is 12.1 Å². The molecule has 6 heteroatoms. The van der Waals surface area contributed by atoms with Crippen molar-refractivity contribution in [3.05, 3.63) is 23.0 Å². The van der Waals surface area contributed by atoms with E-state index in [4.69, 9.17) is 9.26 Å². The molecule has 0 aliphatic heterocycles. The Bertz CT molecular complexity index is 726. The zero-order chi connectivity index (χ0) is 17.1. The number of rotatable bonds is 5. The number of ether oxygens (including phenoxy) is 1. The first-order valence-corrected chi connectivity index (χ1v) is 8.69. The fraction of sp³-hybridized carbons (Fsp3) is 0.611. The van der Waals surface area contributed by atoms with Crippen LogP contribution < -0.4 is 5.32 Å². The number of pyridine rings is 1. The second kappa shape index (κ2) is 7.30. The van der Waals surface area contributed by atoms with E-state index >= 15 is 0 Å². The van der Waals surface area contributed by atoms with Crippen LogP contribution in [0.25, 0.3) is 11.1 Å². The van der Waals surface area contributed by atoms with Gasteiger partial charge in [-0.15, -0.1) is 0 Å². The van der Waals surface area contributed by atoms with Gasteiger partial charge in [-0.2, -0.15) is 0 Å². The second-order valence-corrected chi connectivity index (χ2v) is 6.69. The third-order valence-electron chi connectivity index (χ3n) is 4.74. The predicted octanol–water partition coefficient (Wildman–Crippen LogP) is 3.16. The number of fused-ring (bicyclic) bond motifs is 1. The average Bonchev–Trinajstić information content (AvgIpc) is 2.93. The number of hydrogen-bond acceptors (Lipinski definition) is 5. The van der Waals surface area contributed by atoms with Gasteiger partial charge in [0.15, 0.2) is 0 Å². The summed E-state index contributed by atoms with van der Waals surface area (Å²) < 4.78 is 11.1. The van der Waals surface area contributed by atoms with E-state index in [2.05, 4.69) is 22.4 Å². The second-order valence-electron chi connectivity index (χ2n) is 6.69. The normalized spacial score (nSPS) is 21.1. The zero-order valence-electron chi connectivity index (χ0n) is 14.6. The van der Waals surface area contributed by atoms with Gasteiger partial charge in [-0.1, -0.05) is 24.9 Å². The van der Waals surface area contributed by atoms with Crippen molar-refractivity contribution in [2.75, 3.05) is 13.2 Å². The predicted molar refractivity (Wildman–Crippen MR) is 91.0 cm³/mol. The maximum atomic E-state index is 12.5. The fourth-order valence-electron chi connectivity index (χ4n) is 3.40. The van der Waals surface area contributed by atoms with Crippen LogP contribution >= 0.6 is 0 Å². The molecular formula is C18H25N3O3. The average molecular weight is 331 g/mol. The summed E-state index contributed by atoms with van der Waals surface area (Å²) >= 11 is 0. The Balaban J connectivity index is 1.58. The summed E-state index contributed by atoms with van der Waals surface area (Å²) in [6.45, 7) is 6.92. The lowest BCUT2D eigenvalue weighted by atomic mass is 9.88. The molecule has 0 radical (unpaired) electrons. The standard InChI is InChI=1S/C18H25N3O3/c1-11-6-4-5-7-15(11)23-9-8-19-17(22)14-10-12(2)20-18-16(14)13(3)21-24-18/h10-11,15H,4-9H2,1-3H3,(H,19,22)/t11-,15-/m1/s1. The molecule has 2 aromatic heterocycles. The van der Waals surface area contributed by atoms with E-state index in [9.17, 15) is 4.79 Å². The molecule has 0 aromatic carbocycles. The largest absolute Gasteiger partial charge is 0.376 e. The van der Waals surface area contributed by atoms with Crippen LogP contribution in [0.2, 0.25) is 0 Å². The molecule has 1 fully saturated rings. The van der Waals surface area contributed by atoms with Crippen LogP contribution in [0.5, 0.6) is 0 Å².